The largest absolute Gasteiger partial charge is 0.497 e. The van der Waals surface area contributed by atoms with Crippen LogP contribution in [0.15, 0.2) is 58.3 Å². The summed E-state index contributed by atoms with van der Waals surface area (Å²) in [5, 5.41) is 2.96. The lowest BCUT2D eigenvalue weighted by molar-refractivity contribution is -0.122. The number of thioether (sulfide) groups is 1. The molecule has 0 aromatic heterocycles. The van der Waals surface area contributed by atoms with Crippen molar-refractivity contribution >= 4 is 35.3 Å². The second-order valence-electron chi connectivity index (χ2n) is 6.58. The fraction of sp³-hybridized carbons (Fsp3) is 0.238. The van der Waals surface area contributed by atoms with Crippen molar-refractivity contribution in [1.29, 1.82) is 0 Å². The number of benzene rings is 2. The molecule has 6 heteroatoms. The molecule has 0 unspecified atom stereocenters. The van der Waals surface area contributed by atoms with Crippen LogP contribution < -0.4 is 15.0 Å². The van der Waals surface area contributed by atoms with Crippen LogP contribution in [0.3, 0.4) is 0 Å². The maximum Gasteiger partial charge on any atom is 0.265 e. The smallest absolute Gasteiger partial charge is 0.265 e. The summed E-state index contributed by atoms with van der Waals surface area (Å²) in [6.45, 7) is 0.0346. The van der Waals surface area contributed by atoms with Gasteiger partial charge in [0.25, 0.3) is 5.91 Å². The van der Waals surface area contributed by atoms with Crippen LogP contribution in [0.2, 0.25) is 0 Å². The highest BCUT2D eigenvalue weighted by Crippen LogP contribution is 2.42. The predicted octanol–water partition coefficient (Wildman–Crippen LogP) is 3.45. The Morgan fingerprint density at radius 1 is 1.22 bits per heavy atom. The maximum absolute atomic E-state index is 13.1. The average Bonchev–Trinajstić information content (AvgIpc) is 3.49. The lowest BCUT2D eigenvalue weighted by Crippen LogP contribution is -2.43. The Balaban J connectivity index is 1.62. The summed E-state index contributed by atoms with van der Waals surface area (Å²) >= 11 is 1.43. The number of hydrogen-bond donors (Lipinski definition) is 1. The molecule has 138 valence electrons. The first-order chi connectivity index (χ1) is 13.1. The van der Waals surface area contributed by atoms with Crippen molar-refractivity contribution in [3.63, 3.8) is 0 Å². The number of ether oxygens (including phenoxy) is 1. The van der Waals surface area contributed by atoms with Crippen LogP contribution in [0.4, 0.5) is 5.69 Å². The Labute approximate surface area is 162 Å². The lowest BCUT2D eigenvalue weighted by atomic mass is 10.2. The molecule has 1 saturated carbocycles. The van der Waals surface area contributed by atoms with E-state index in [1.165, 1.54) is 11.8 Å². The molecule has 2 aromatic rings. The summed E-state index contributed by atoms with van der Waals surface area (Å²) in [7, 11) is 1.62. The number of rotatable bonds is 5. The van der Waals surface area contributed by atoms with E-state index < -0.39 is 0 Å². The van der Waals surface area contributed by atoms with Crippen LogP contribution in [0.5, 0.6) is 5.75 Å². The molecule has 1 heterocycles. The first kappa shape index (κ1) is 17.7. The third-order valence-corrected chi connectivity index (χ3v) is 5.57. The number of nitrogens with zero attached hydrogens (tertiary/aromatic N) is 1. The van der Waals surface area contributed by atoms with Gasteiger partial charge in [-0.15, -0.1) is 0 Å². The summed E-state index contributed by atoms with van der Waals surface area (Å²) in [5.41, 5.74) is 1.69. The first-order valence-electron chi connectivity index (χ1n) is 8.88. The van der Waals surface area contributed by atoms with Crippen molar-refractivity contribution in [3.8, 4) is 5.75 Å². The third-order valence-electron chi connectivity index (χ3n) is 4.49. The maximum atomic E-state index is 13.1. The molecule has 1 aliphatic carbocycles. The van der Waals surface area contributed by atoms with Gasteiger partial charge in [0.05, 0.1) is 17.7 Å². The minimum absolute atomic E-state index is 0.0346. The summed E-state index contributed by atoms with van der Waals surface area (Å²) in [4.78, 5) is 28.5. The van der Waals surface area contributed by atoms with Crippen molar-refractivity contribution < 1.29 is 14.3 Å². The molecule has 2 aromatic carbocycles. The van der Waals surface area contributed by atoms with Gasteiger partial charge in [-0.2, -0.15) is 0 Å². The molecule has 1 fully saturated rings. The standard InChI is InChI=1S/C21H20N2O3S/c1-26-16-10-6-14(7-11-16)12-19-21(25)23(13-20(24)22-15-8-9-15)17-4-2-3-5-18(17)27-19/h2-7,10-12,15H,8-9,13H2,1H3,(H,22,24)/b19-12-. The Morgan fingerprint density at radius 2 is 1.96 bits per heavy atom. The van der Waals surface area contributed by atoms with E-state index in [4.69, 9.17) is 4.74 Å². The third kappa shape index (κ3) is 4.01. The molecule has 2 aliphatic rings. The van der Waals surface area contributed by atoms with Gasteiger partial charge >= 0.3 is 0 Å². The number of nitrogens with one attached hydrogen (secondary N) is 1. The number of hydrogen-bond acceptors (Lipinski definition) is 4. The van der Waals surface area contributed by atoms with Gasteiger partial charge in [0.1, 0.15) is 12.3 Å². The molecule has 0 saturated heterocycles. The number of amides is 2. The molecule has 4 rings (SSSR count). The highest BCUT2D eigenvalue weighted by Gasteiger charge is 2.31. The molecular formula is C21H20N2O3S. The SMILES string of the molecule is COc1ccc(/C=C2\Sc3ccccc3N(CC(=O)NC3CC3)C2=O)cc1. The number of fused-ring (bicyclic) bond motifs is 1. The molecule has 0 spiro atoms. The van der Waals surface area contributed by atoms with E-state index in [-0.39, 0.29) is 24.4 Å². The fourth-order valence-electron chi connectivity index (χ4n) is 2.92. The summed E-state index contributed by atoms with van der Waals surface area (Å²) in [5.74, 6) is 0.500. The van der Waals surface area contributed by atoms with E-state index >= 15 is 0 Å². The lowest BCUT2D eigenvalue weighted by Gasteiger charge is -2.29. The molecule has 0 radical (unpaired) electrons. The van der Waals surface area contributed by atoms with Crippen molar-refractivity contribution in [2.45, 2.75) is 23.8 Å². The van der Waals surface area contributed by atoms with Crippen LogP contribution in [0, 0.1) is 0 Å². The van der Waals surface area contributed by atoms with Crippen LogP contribution in [-0.2, 0) is 9.59 Å². The summed E-state index contributed by atoms with van der Waals surface area (Å²) in [6.07, 6.45) is 3.90. The van der Waals surface area contributed by atoms with E-state index in [0.717, 1.165) is 34.7 Å². The summed E-state index contributed by atoms with van der Waals surface area (Å²) < 4.78 is 5.18. The van der Waals surface area contributed by atoms with Gasteiger partial charge in [0.2, 0.25) is 5.91 Å². The highest BCUT2D eigenvalue weighted by molar-refractivity contribution is 8.04. The van der Waals surface area contributed by atoms with Crippen LogP contribution in [0.1, 0.15) is 18.4 Å². The quantitative estimate of drug-likeness (QED) is 0.807. The summed E-state index contributed by atoms with van der Waals surface area (Å²) in [6, 6.07) is 15.5. The van der Waals surface area contributed by atoms with E-state index in [2.05, 4.69) is 5.32 Å². The Morgan fingerprint density at radius 3 is 2.67 bits per heavy atom. The average molecular weight is 380 g/mol. The van der Waals surface area contributed by atoms with E-state index in [1.807, 2.05) is 54.6 Å². The molecule has 5 nitrogen and oxygen atoms in total. The van der Waals surface area contributed by atoms with E-state index in [1.54, 1.807) is 12.0 Å². The number of anilines is 1. The zero-order valence-electron chi connectivity index (χ0n) is 15.0. The van der Waals surface area contributed by atoms with Gasteiger partial charge in [-0.05, 0) is 48.7 Å². The van der Waals surface area contributed by atoms with Gasteiger partial charge in [0.15, 0.2) is 0 Å². The molecular weight excluding hydrogens is 360 g/mol. The van der Waals surface area contributed by atoms with Gasteiger partial charge in [-0.3, -0.25) is 14.5 Å². The van der Waals surface area contributed by atoms with Crippen LogP contribution >= 0.6 is 11.8 Å². The Hall–Kier alpha value is -2.73. The number of para-hydroxylation sites is 1. The number of carbonyl (C=O) groups excluding carboxylic acids is 2. The number of carbonyl (C=O) groups is 2. The van der Waals surface area contributed by atoms with Crippen molar-refractivity contribution in [2.24, 2.45) is 0 Å². The van der Waals surface area contributed by atoms with Crippen molar-refractivity contribution in [2.75, 3.05) is 18.6 Å². The highest BCUT2D eigenvalue weighted by atomic mass is 32.2. The zero-order valence-corrected chi connectivity index (χ0v) is 15.8. The molecule has 1 N–H and O–H groups in total. The van der Waals surface area contributed by atoms with E-state index in [0.29, 0.717) is 4.91 Å². The zero-order chi connectivity index (χ0) is 18.8. The van der Waals surface area contributed by atoms with Crippen LogP contribution in [-0.4, -0.2) is 31.5 Å². The van der Waals surface area contributed by atoms with Crippen LogP contribution in [0.25, 0.3) is 6.08 Å². The topological polar surface area (TPSA) is 58.6 Å². The minimum atomic E-state index is -0.152. The van der Waals surface area contributed by atoms with Gasteiger partial charge in [-0.1, -0.05) is 36.0 Å². The monoisotopic (exact) mass is 380 g/mol. The second-order valence-corrected chi connectivity index (χ2v) is 7.67. The molecule has 0 bridgehead atoms. The van der Waals surface area contributed by atoms with Crippen molar-refractivity contribution in [3.05, 3.63) is 59.0 Å². The molecule has 2 amide bonds. The Bertz CT molecular complexity index is 904. The molecule has 27 heavy (non-hydrogen) atoms. The predicted molar refractivity (Wildman–Crippen MR) is 107 cm³/mol. The minimum Gasteiger partial charge on any atom is -0.497 e. The van der Waals surface area contributed by atoms with E-state index in [9.17, 15) is 9.59 Å². The first-order valence-corrected chi connectivity index (χ1v) is 9.69. The van der Waals surface area contributed by atoms with Gasteiger partial charge in [0, 0.05) is 10.9 Å². The van der Waals surface area contributed by atoms with Gasteiger partial charge < -0.3 is 10.1 Å². The Kier molecular flexibility index (Phi) is 4.90. The van der Waals surface area contributed by atoms with Crippen molar-refractivity contribution in [1.82, 2.24) is 5.32 Å². The second kappa shape index (κ2) is 7.48. The number of methoxy groups -OCH3 is 1. The molecule has 1 aliphatic heterocycles. The fourth-order valence-corrected chi connectivity index (χ4v) is 3.97. The normalized spacial score (nSPS) is 17.6. The molecule has 0 atom stereocenters. The van der Waals surface area contributed by atoms with Gasteiger partial charge in [-0.25, -0.2) is 0 Å².